The Balaban J connectivity index is 1.70. The highest BCUT2D eigenvalue weighted by molar-refractivity contribution is 5.89. The van der Waals surface area contributed by atoms with E-state index in [2.05, 4.69) is 29.4 Å². The monoisotopic (exact) mass is 425 g/mol. The van der Waals surface area contributed by atoms with Gasteiger partial charge in [0.2, 0.25) is 0 Å². The summed E-state index contributed by atoms with van der Waals surface area (Å²) in [5.74, 6) is 1.63. The molecule has 1 atom stereocenters. The SMILES string of the molecule is CCC[C@]1(C)OCc2c(N3CCOCC3)nc(-c3ccc(NC(=O)NCC)cc3)nc21. The summed E-state index contributed by atoms with van der Waals surface area (Å²) < 4.78 is 11.8. The van der Waals surface area contributed by atoms with Crippen LogP contribution >= 0.6 is 0 Å². The molecule has 8 heteroatoms. The number of anilines is 2. The zero-order chi connectivity index (χ0) is 21.8. The van der Waals surface area contributed by atoms with Crippen LogP contribution < -0.4 is 15.5 Å². The Kier molecular flexibility index (Phi) is 6.38. The molecule has 4 rings (SSSR count). The second-order valence-corrected chi connectivity index (χ2v) is 8.13. The Hall–Kier alpha value is -2.71. The third-order valence-corrected chi connectivity index (χ3v) is 5.80. The molecule has 0 radical (unpaired) electrons. The van der Waals surface area contributed by atoms with Crippen molar-refractivity contribution in [3.05, 3.63) is 35.5 Å². The van der Waals surface area contributed by atoms with E-state index < -0.39 is 5.60 Å². The van der Waals surface area contributed by atoms with Gasteiger partial charge in [-0.15, -0.1) is 0 Å². The van der Waals surface area contributed by atoms with E-state index in [-0.39, 0.29) is 6.03 Å². The summed E-state index contributed by atoms with van der Waals surface area (Å²) in [5, 5.41) is 5.55. The lowest BCUT2D eigenvalue weighted by Gasteiger charge is -2.30. The van der Waals surface area contributed by atoms with Crippen molar-refractivity contribution in [3.8, 4) is 11.4 Å². The number of benzene rings is 1. The molecule has 2 aromatic rings. The predicted octanol–water partition coefficient (Wildman–Crippen LogP) is 3.67. The summed E-state index contributed by atoms with van der Waals surface area (Å²) in [6.45, 7) is 10.3. The molecule has 2 amide bonds. The highest BCUT2D eigenvalue weighted by Gasteiger charge is 2.40. The molecule has 3 heterocycles. The van der Waals surface area contributed by atoms with E-state index in [0.717, 1.165) is 54.3 Å². The van der Waals surface area contributed by atoms with Gasteiger partial charge in [0, 0.05) is 36.4 Å². The van der Waals surface area contributed by atoms with Gasteiger partial charge in [-0.2, -0.15) is 0 Å². The minimum atomic E-state index is -0.400. The molecule has 8 nitrogen and oxygen atoms in total. The van der Waals surface area contributed by atoms with Crippen LogP contribution in [-0.2, 0) is 21.7 Å². The molecule has 0 bridgehead atoms. The Bertz CT molecular complexity index is 928. The molecule has 1 aromatic heterocycles. The van der Waals surface area contributed by atoms with E-state index in [0.29, 0.717) is 32.2 Å². The lowest BCUT2D eigenvalue weighted by atomic mass is 9.94. The molecule has 2 aliphatic rings. The summed E-state index contributed by atoms with van der Waals surface area (Å²) in [6.07, 6.45) is 1.93. The number of hydrogen-bond donors (Lipinski definition) is 2. The number of amides is 2. The highest BCUT2D eigenvalue weighted by Crippen LogP contribution is 2.42. The van der Waals surface area contributed by atoms with Gasteiger partial charge in [-0.05, 0) is 44.5 Å². The number of fused-ring (bicyclic) bond motifs is 1. The van der Waals surface area contributed by atoms with Crippen molar-refractivity contribution in [2.75, 3.05) is 43.1 Å². The molecule has 0 aliphatic carbocycles. The number of carbonyl (C=O) groups excluding carboxylic acids is 1. The fraction of sp³-hybridized carbons (Fsp3) is 0.522. The predicted molar refractivity (Wildman–Crippen MR) is 120 cm³/mol. The van der Waals surface area contributed by atoms with Gasteiger partial charge in [0.15, 0.2) is 5.82 Å². The topological polar surface area (TPSA) is 88.6 Å². The van der Waals surface area contributed by atoms with E-state index in [1.165, 1.54) is 0 Å². The number of ether oxygens (including phenoxy) is 2. The second-order valence-electron chi connectivity index (χ2n) is 8.13. The number of rotatable bonds is 6. The normalized spacial score (nSPS) is 20.4. The molecular formula is C23H31N5O3. The van der Waals surface area contributed by atoms with Crippen molar-refractivity contribution in [2.24, 2.45) is 0 Å². The van der Waals surface area contributed by atoms with Gasteiger partial charge in [-0.3, -0.25) is 0 Å². The van der Waals surface area contributed by atoms with E-state index in [1.807, 2.05) is 31.2 Å². The van der Waals surface area contributed by atoms with Gasteiger partial charge in [-0.25, -0.2) is 14.8 Å². The Morgan fingerprint density at radius 1 is 1.16 bits per heavy atom. The van der Waals surface area contributed by atoms with E-state index in [9.17, 15) is 4.79 Å². The van der Waals surface area contributed by atoms with Crippen molar-refractivity contribution in [1.29, 1.82) is 0 Å². The molecule has 2 aliphatic heterocycles. The molecule has 31 heavy (non-hydrogen) atoms. The fourth-order valence-corrected chi connectivity index (χ4v) is 4.21. The van der Waals surface area contributed by atoms with Gasteiger partial charge in [-0.1, -0.05) is 13.3 Å². The first kappa shape index (κ1) is 21.5. The molecule has 0 unspecified atom stereocenters. The molecule has 166 valence electrons. The summed E-state index contributed by atoms with van der Waals surface area (Å²) >= 11 is 0. The first-order chi connectivity index (χ1) is 15.0. The van der Waals surface area contributed by atoms with Gasteiger partial charge >= 0.3 is 6.03 Å². The minimum absolute atomic E-state index is 0.217. The summed E-state index contributed by atoms with van der Waals surface area (Å²) in [6, 6.07) is 7.42. The van der Waals surface area contributed by atoms with Crippen LogP contribution in [0.15, 0.2) is 24.3 Å². The lowest BCUT2D eigenvalue weighted by Crippen LogP contribution is -2.37. The van der Waals surface area contributed by atoms with E-state index in [1.54, 1.807) is 0 Å². The zero-order valence-corrected chi connectivity index (χ0v) is 18.5. The van der Waals surface area contributed by atoms with Crippen molar-refractivity contribution in [1.82, 2.24) is 15.3 Å². The van der Waals surface area contributed by atoms with Crippen LogP contribution in [0.5, 0.6) is 0 Å². The van der Waals surface area contributed by atoms with Crippen LogP contribution in [0.2, 0.25) is 0 Å². The first-order valence-electron chi connectivity index (χ1n) is 11.1. The Morgan fingerprint density at radius 2 is 1.90 bits per heavy atom. The molecule has 2 N–H and O–H groups in total. The largest absolute Gasteiger partial charge is 0.378 e. The summed E-state index contributed by atoms with van der Waals surface area (Å²) in [4.78, 5) is 24.0. The Labute approximate surface area is 183 Å². The van der Waals surface area contributed by atoms with Crippen LogP contribution in [0.3, 0.4) is 0 Å². The third kappa shape index (κ3) is 4.50. The lowest BCUT2D eigenvalue weighted by molar-refractivity contribution is -0.0321. The number of morpholine rings is 1. The first-order valence-corrected chi connectivity index (χ1v) is 11.1. The van der Waals surface area contributed by atoms with Crippen molar-refractivity contribution in [3.63, 3.8) is 0 Å². The Morgan fingerprint density at radius 3 is 2.58 bits per heavy atom. The minimum Gasteiger partial charge on any atom is -0.378 e. The quantitative estimate of drug-likeness (QED) is 0.734. The summed E-state index contributed by atoms with van der Waals surface area (Å²) in [7, 11) is 0. The van der Waals surface area contributed by atoms with Gasteiger partial charge in [0.25, 0.3) is 0 Å². The van der Waals surface area contributed by atoms with Gasteiger partial charge in [0.05, 0.1) is 25.5 Å². The number of nitrogens with zero attached hydrogens (tertiary/aromatic N) is 3. The van der Waals surface area contributed by atoms with Crippen LogP contribution in [0.1, 0.15) is 44.9 Å². The number of carbonyl (C=O) groups is 1. The van der Waals surface area contributed by atoms with Crippen LogP contribution in [0, 0.1) is 0 Å². The number of nitrogens with one attached hydrogen (secondary N) is 2. The standard InChI is InChI=1S/C23H31N5O3/c1-4-10-23(3)19-18(15-31-23)21(28-11-13-30-14-12-28)27-20(26-19)16-6-8-17(9-7-16)25-22(29)24-5-2/h6-9H,4-5,10-15H2,1-3H3,(H2,24,25,29)/t23-/m0/s1. The second kappa shape index (κ2) is 9.20. The van der Waals surface area contributed by atoms with Crippen molar-refractivity contribution in [2.45, 2.75) is 45.8 Å². The maximum Gasteiger partial charge on any atom is 0.319 e. The van der Waals surface area contributed by atoms with E-state index >= 15 is 0 Å². The van der Waals surface area contributed by atoms with Crippen LogP contribution in [-0.4, -0.2) is 48.8 Å². The number of hydrogen-bond acceptors (Lipinski definition) is 6. The molecule has 1 fully saturated rings. The average Bonchev–Trinajstić information content (AvgIpc) is 3.11. The van der Waals surface area contributed by atoms with Gasteiger partial charge in [0.1, 0.15) is 11.4 Å². The maximum absolute atomic E-state index is 11.8. The molecule has 1 saturated heterocycles. The van der Waals surface area contributed by atoms with Crippen LogP contribution in [0.25, 0.3) is 11.4 Å². The molecule has 0 spiro atoms. The van der Waals surface area contributed by atoms with E-state index in [4.69, 9.17) is 19.4 Å². The third-order valence-electron chi connectivity index (χ3n) is 5.80. The summed E-state index contributed by atoms with van der Waals surface area (Å²) in [5.41, 5.74) is 3.32. The van der Waals surface area contributed by atoms with Crippen molar-refractivity contribution >= 4 is 17.5 Å². The highest BCUT2D eigenvalue weighted by atomic mass is 16.5. The van der Waals surface area contributed by atoms with Crippen molar-refractivity contribution < 1.29 is 14.3 Å². The van der Waals surface area contributed by atoms with Gasteiger partial charge < -0.3 is 25.0 Å². The van der Waals surface area contributed by atoms with Crippen LogP contribution in [0.4, 0.5) is 16.3 Å². The maximum atomic E-state index is 11.8. The molecular weight excluding hydrogens is 394 g/mol. The number of urea groups is 1. The molecule has 0 saturated carbocycles. The average molecular weight is 426 g/mol. The smallest absolute Gasteiger partial charge is 0.319 e. The molecule has 1 aromatic carbocycles. The zero-order valence-electron chi connectivity index (χ0n) is 18.5. The number of aromatic nitrogens is 2. The fourth-order valence-electron chi connectivity index (χ4n) is 4.21.